The molecule has 0 radical (unpaired) electrons. The van der Waals surface area contributed by atoms with Crippen LogP contribution >= 0.6 is 11.8 Å². The molecule has 3 rings (SSSR count). The number of rotatable bonds is 5. The average molecular weight is 436 g/mol. The summed E-state index contributed by atoms with van der Waals surface area (Å²) in [5.74, 6) is -2.62. The molecule has 0 bridgehead atoms. The Kier molecular flexibility index (Phi) is 6.75. The Hall–Kier alpha value is -2.48. The van der Waals surface area contributed by atoms with E-state index in [9.17, 15) is 22.8 Å². The first-order valence-corrected chi connectivity index (χ1v) is 10.8. The van der Waals surface area contributed by atoms with Gasteiger partial charge in [0.05, 0.1) is 6.04 Å². The van der Waals surface area contributed by atoms with Crippen molar-refractivity contribution in [2.45, 2.75) is 42.9 Å². The van der Waals surface area contributed by atoms with E-state index in [4.69, 9.17) is 0 Å². The minimum Gasteiger partial charge on any atom is -0.344 e. The highest BCUT2D eigenvalue weighted by Gasteiger charge is 2.46. The Morgan fingerprint density at radius 1 is 1.17 bits per heavy atom. The van der Waals surface area contributed by atoms with Crippen LogP contribution in [0.4, 0.5) is 13.2 Å². The lowest BCUT2D eigenvalue weighted by atomic mass is 9.91. The van der Waals surface area contributed by atoms with Crippen molar-refractivity contribution in [2.24, 2.45) is 5.92 Å². The fourth-order valence-corrected chi connectivity index (χ4v) is 4.32. The summed E-state index contributed by atoms with van der Waals surface area (Å²) in [5, 5.41) is 4.84. The predicted octanol–water partition coefficient (Wildman–Crippen LogP) is 4.38. The van der Waals surface area contributed by atoms with E-state index < -0.39 is 36.0 Å². The molecule has 0 aliphatic carbocycles. The number of hydrogen-bond acceptors (Lipinski definition) is 3. The molecule has 4 nitrogen and oxygen atoms in total. The predicted molar refractivity (Wildman–Crippen MR) is 110 cm³/mol. The summed E-state index contributed by atoms with van der Waals surface area (Å²) in [4.78, 5) is 26.1. The number of hydrogen-bond donors (Lipinski definition) is 2. The van der Waals surface area contributed by atoms with Crippen LogP contribution in [0.15, 0.2) is 53.4 Å². The van der Waals surface area contributed by atoms with Crippen LogP contribution in [0.2, 0.25) is 0 Å². The Bertz CT molecular complexity index is 918. The van der Waals surface area contributed by atoms with Gasteiger partial charge in [0.25, 0.3) is 0 Å². The highest BCUT2D eigenvalue weighted by atomic mass is 32.2. The maximum Gasteiger partial charge on any atom is 0.408 e. The number of halogens is 3. The molecular formula is C22H23F3N2O2S. The number of nitrogens with one attached hydrogen (secondary N) is 2. The third-order valence-electron chi connectivity index (χ3n) is 5.21. The number of carbonyl (C=O) groups excluding carboxylic acids is 2. The first-order chi connectivity index (χ1) is 14.2. The third kappa shape index (κ3) is 4.98. The monoisotopic (exact) mass is 436 g/mol. The Morgan fingerprint density at radius 3 is 2.47 bits per heavy atom. The van der Waals surface area contributed by atoms with E-state index >= 15 is 0 Å². The number of piperidine rings is 1. The fraction of sp³-hybridized carbons (Fsp3) is 0.364. The molecule has 1 aliphatic rings. The Morgan fingerprint density at radius 2 is 1.87 bits per heavy atom. The second kappa shape index (κ2) is 9.12. The molecule has 8 heteroatoms. The van der Waals surface area contributed by atoms with Crippen LogP contribution in [0.3, 0.4) is 0 Å². The molecule has 0 aromatic heterocycles. The van der Waals surface area contributed by atoms with Gasteiger partial charge in [0.1, 0.15) is 12.0 Å². The highest BCUT2D eigenvalue weighted by molar-refractivity contribution is 7.98. The van der Waals surface area contributed by atoms with Gasteiger partial charge in [0, 0.05) is 4.90 Å². The Labute approximate surface area is 177 Å². The second-order valence-corrected chi connectivity index (χ2v) is 8.18. The molecular weight excluding hydrogens is 413 g/mol. The molecule has 2 amide bonds. The summed E-state index contributed by atoms with van der Waals surface area (Å²) in [5.41, 5.74) is 2.78. The minimum absolute atomic E-state index is 0.146. The van der Waals surface area contributed by atoms with Gasteiger partial charge in [-0.15, -0.1) is 11.8 Å². The smallest absolute Gasteiger partial charge is 0.344 e. The molecule has 2 aromatic carbocycles. The van der Waals surface area contributed by atoms with Gasteiger partial charge < -0.3 is 10.6 Å². The van der Waals surface area contributed by atoms with Crippen LogP contribution in [0.1, 0.15) is 35.6 Å². The lowest BCUT2D eigenvalue weighted by Gasteiger charge is -2.31. The van der Waals surface area contributed by atoms with Crippen LogP contribution in [0.5, 0.6) is 0 Å². The van der Waals surface area contributed by atoms with Gasteiger partial charge >= 0.3 is 6.18 Å². The van der Waals surface area contributed by atoms with Crippen molar-refractivity contribution in [3.8, 4) is 0 Å². The summed E-state index contributed by atoms with van der Waals surface area (Å²) in [6.07, 6.45) is -3.04. The SMILES string of the molecule is CSc1cc(C)ccc1C(NC(=O)C1CCC(C(F)(F)F)NC1=O)c1ccccc1. The maximum absolute atomic E-state index is 12.9. The molecule has 0 spiro atoms. The van der Waals surface area contributed by atoms with E-state index in [-0.39, 0.29) is 12.8 Å². The van der Waals surface area contributed by atoms with Gasteiger partial charge in [-0.3, -0.25) is 9.59 Å². The molecule has 1 fully saturated rings. The zero-order chi connectivity index (χ0) is 21.9. The third-order valence-corrected chi connectivity index (χ3v) is 6.00. The van der Waals surface area contributed by atoms with E-state index in [0.29, 0.717) is 0 Å². The number of benzene rings is 2. The molecule has 2 N–H and O–H groups in total. The van der Waals surface area contributed by atoms with Gasteiger partial charge in [-0.2, -0.15) is 13.2 Å². The van der Waals surface area contributed by atoms with Gasteiger partial charge in [0.2, 0.25) is 11.8 Å². The van der Waals surface area contributed by atoms with Crippen molar-refractivity contribution in [3.63, 3.8) is 0 Å². The summed E-state index contributed by atoms with van der Waals surface area (Å²) in [6, 6.07) is 12.8. The largest absolute Gasteiger partial charge is 0.408 e. The fourth-order valence-electron chi connectivity index (χ4n) is 3.59. The second-order valence-electron chi connectivity index (χ2n) is 7.33. The van der Waals surface area contributed by atoms with Crippen LogP contribution < -0.4 is 10.6 Å². The van der Waals surface area contributed by atoms with E-state index in [1.807, 2.05) is 67.0 Å². The first kappa shape index (κ1) is 22.2. The number of aryl methyl sites for hydroxylation is 1. The average Bonchev–Trinajstić information content (AvgIpc) is 2.72. The number of alkyl halides is 3. The van der Waals surface area contributed by atoms with Crippen molar-refractivity contribution in [1.82, 2.24) is 10.6 Å². The normalized spacial score (nSPS) is 20.4. The highest BCUT2D eigenvalue weighted by Crippen LogP contribution is 2.33. The molecule has 1 saturated heterocycles. The zero-order valence-corrected chi connectivity index (χ0v) is 17.4. The standard InChI is InChI=1S/C22H23F3N2O2S/c1-13-8-9-15(17(12-13)30-2)19(14-6-4-3-5-7-14)27-21(29)16-10-11-18(22(23,24)25)26-20(16)28/h3-9,12,16,18-19H,10-11H2,1-2H3,(H,26,28)(H,27,29). The van der Waals surface area contributed by atoms with Crippen molar-refractivity contribution in [2.75, 3.05) is 6.26 Å². The van der Waals surface area contributed by atoms with Crippen molar-refractivity contribution >= 4 is 23.6 Å². The van der Waals surface area contributed by atoms with Crippen LogP contribution in [-0.4, -0.2) is 30.3 Å². The molecule has 3 atom stereocenters. The van der Waals surface area contributed by atoms with E-state index in [1.54, 1.807) is 11.8 Å². The number of amides is 2. The quantitative estimate of drug-likeness (QED) is 0.540. The summed E-state index contributed by atoms with van der Waals surface area (Å²) >= 11 is 1.54. The summed E-state index contributed by atoms with van der Waals surface area (Å²) in [6.45, 7) is 1.98. The van der Waals surface area contributed by atoms with Gasteiger partial charge in [0.15, 0.2) is 0 Å². The lowest BCUT2D eigenvalue weighted by Crippen LogP contribution is -2.54. The topological polar surface area (TPSA) is 58.2 Å². The zero-order valence-electron chi connectivity index (χ0n) is 16.6. The molecule has 2 aromatic rings. The number of carbonyl (C=O) groups is 2. The van der Waals surface area contributed by atoms with Crippen molar-refractivity contribution < 1.29 is 22.8 Å². The van der Waals surface area contributed by atoms with Crippen molar-refractivity contribution in [1.29, 1.82) is 0 Å². The van der Waals surface area contributed by atoms with Gasteiger partial charge in [-0.05, 0) is 48.8 Å². The van der Waals surface area contributed by atoms with Crippen LogP contribution in [-0.2, 0) is 9.59 Å². The molecule has 1 heterocycles. The first-order valence-electron chi connectivity index (χ1n) is 9.57. The Balaban J connectivity index is 1.86. The van der Waals surface area contributed by atoms with E-state index in [0.717, 1.165) is 21.6 Å². The van der Waals surface area contributed by atoms with Gasteiger partial charge in [-0.25, -0.2) is 0 Å². The summed E-state index contributed by atoms with van der Waals surface area (Å²) < 4.78 is 38.7. The van der Waals surface area contributed by atoms with E-state index in [1.165, 1.54) is 0 Å². The van der Waals surface area contributed by atoms with Crippen LogP contribution in [0, 0.1) is 12.8 Å². The van der Waals surface area contributed by atoms with E-state index in [2.05, 4.69) is 5.32 Å². The minimum atomic E-state index is -4.52. The molecule has 1 aliphatic heterocycles. The van der Waals surface area contributed by atoms with Crippen LogP contribution in [0.25, 0.3) is 0 Å². The molecule has 160 valence electrons. The molecule has 30 heavy (non-hydrogen) atoms. The van der Waals surface area contributed by atoms with Crippen molar-refractivity contribution in [3.05, 3.63) is 65.2 Å². The lowest BCUT2D eigenvalue weighted by molar-refractivity contribution is -0.171. The summed E-state index contributed by atoms with van der Waals surface area (Å²) in [7, 11) is 0. The maximum atomic E-state index is 12.9. The molecule has 0 saturated carbocycles. The molecule has 3 unspecified atom stereocenters. The van der Waals surface area contributed by atoms with Gasteiger partial charge in [-0.1, -0.05) is 42.5 Å². The number of thioether (sulfide) groups is 1.